The number of ether oxygens (including phenoxy) is 2. The number of alkyl halides is 2. The molecule has 27 heavy (non-hydrogen) atoms. The van der Waals surface area contributed by atoms with Gasteiger partial charge in [0.25, 0.3) is 5.92 Å². The van der Waals surface area contributed by atoms with Crippen LogP contribution in [0.15, 0.2) is 60.7 Å². The summed E-state index contributed by atoms with van der Waals surface area (Å²) < 4.78 is 41.6. The summed E-state index contributed by atoms with van der Waals surface area (Å²) in [6, 6.07) is 19.5. The van der Waals surface area contributed by atoms with Crippen molar-refractivity contribution in [3.63, 3.8) is 0 Å². The molecule has 0 aliphatic heterocycles. The van der Waals surface area contributed by atoms with Crippen LogP contribution < -0.4 is 0 Å². The smallest absolute Gasteiger partial charge is 0.258 e. The SMILES string of the molecule is CC1(C)C[C@@H](OCc2ccccc2)C[C@@H](COCc2ccccc2)C1(F)F. The first kappa shape index (κ1) is 20.0. The maximum Gasteiger partial charge on any atom is 0.258 e. The molecular formula is C23H28F2O2. The van der Waals surface area contributed by atoms with Crippen molar-refractivity contribution in [3.8, 4) is 0 Å². The Bertz CT molecular complexity index is 701. The summed E-state index contributed by atoms with van der Waals surface area (Å²) in [5.74, 6) is -3.62. The van der Waals surface area contributed by atoms with Gasteiger partial charge in [0.2, 0.25) is 0 Å². The highest BCUT2D eigenvalue weighted by atomic mass is 19.3. The lowest BCUT2D eigenvalue weighted by Gasteiger charge is -2.46. The molecule has 0 amide bonds. The maximum absolute atomic E-state index is 15.0. The molecule has 3 rings (SSSR count). The molecule has 0 N–H and O–H groups in total. The van der Waals surface area contributed by atoms with Crippen LogP contribution in [0.2, 0.25) is 0 Å². The minimum atomic E-state index is -2.78. The minimum absolute atomic E-state index is 0.0382. The highest BCUT2D eigenvalue weighted by Crippen LogP contribution is 2.51. The van der Waals surface area contributed by atoms with Crippen LogP contribution in [0.25, 0.3) is 0 Å². The second-order valence-electron chi connectivity index (χ2n) is 8.06. The maximum atomic E-state index is 15.0. The van der Waals surface area contributed by atoms with E-state index in [1.807, 2.05) is 60.7 Å². The highest BCUT2D eigenvalue weighted by Gasteiger charge is 2.57. The predicted octanol–water partition coefficient (Wildman–Crippen LogP) is 5.86. The van der Waals surface area contributed by atoms with Gasteiger partial charge < -0.3 is 9.47 Å². The van der Waals surface area contributed by atoms with Crippen molar-refractivity contribution in [2.45, 2.75) is 51.9 Å². The monoisotopic (exact) mass is 374 g/mol. The number of benzene rings is 2. The third-order valence-corrected chi connectivity index (χ3v) is 5.46. The molecule has 2 nitrogen and oxygen atoms in total. The van der Waals surface area contributed by atoms with Gasteiger partial charge in [0, 0.05) is 11.3 Å². The highest BCUT2D eigenvalue weighted by molar-refractivity contribution is 5.14. The van der Waals surface area contributed by atoms with Crippen LogP contribution in [0.5, 0.6) is 0 Å². The normalized spacial score (nSPS) is 23.9. The number of hydrogen-bond acceptors (Lipinski definition) is 2. The third kappa shape index (κ3) is 4.94. The summed E-state index contributed by atoms with van der Waals surface area (Å²) in [4.78, 5) is 0. The molecule has 0 saturated heterocycles. The van der Waals surface area contributed by atoms with Crippen molar-refractivity contribution >= 4 is 0 Å². The van der Waals surface area contributed by atoms with Crippen LogP contribution in [0.1, 0.15) is 37.8 Å². The van der Waals surface area contributed by atoms with Gasteiger partial charge in [-0.3, -0.25) is 0 Å². The topological polar surface area (TPSA) is 18.5 Å². The van der Waals surface area contributed by atoms with Crippen LogP contribution in [-0.2, 0) is 22.7 Å². The predicted molar refractivity (Wildman–Crippen MR) is 103 cm³/mol. The standard InChI is InChI=1S/C23H28F2O2/c1-22(2)14-21(27-16-19-11-7-4-8-12-19)13-20(23(22,24)25)17-26-15-18-9-5-3-6-10-18/h3-12,20-21H,13-17H2,1-2H3/t20-,21-/m0/s1. The van der Waals surface area contributed by atoms with Gasteiger partial charge in [0.1, 0.15) is 0 Å². The van der Waals surface area contributed by atoms with E-state index >= 15 is 0 Å². The van der Waals surface area contributed by atoms with E-state index in [9.17, 15) is 8.78 Å². The molecule has 2 atom stereocenters. The molecule has 0 aromatic heterocycles. The van der Waals surface area contributed by atoms with Crippen molar-refractivity contribution in [3.05, 3.63) is 71.8 Å². The zero-order valence-corrected chi connectivity index (χ0v) is 16.0. The molecule has 2 aromatic carbocycles. The quantitative estimate of drug-likeness (QED) is 0.604. The molecule has 0 heterocycles. The van der Waals surface area contributed by atoms with Crippen molar-refractivity contribution in [2.24, 2.45) is 11.3 Å². The molecular weight excluding hydrogens is 346 g/mol. The van der Waals surface area contributed by atoms with E-state index in [0.29, 0.717) is 26.1 Å². The molecule has 0 spiro atoms. The summed E-state index contributed by atoms with van der Waals surface area (Å²) in [6.45, 7) is 4.11. The fourth-order valence-electron chi connectivity index (χ4n) is 3.79. The summed E-state index contributed by atoms with van der Waals surface area (Å²) in [5.41, 5.74) is 0.935. The van der Waals surface area contributed by atoms with Gasteiger partial charge in [0.05, 0.1) is 25.9 Å². The molecule has 1 aliphatic carbocycles. The van der Waals surface area contributed by atoms with Crippen molar-refractivity contribution in [1.82, 2.24) is 0 Å². The van der Waals surface area contributed by atoms with Gasteiger partial charge >= 0.3 is 0 Å². The van der Waals surface area contributed by atoms with Gasteiger partial charge in [-0.25, -0.2) is 8.78 Å². The lowest BCUT2D eigenvalue weighted by Crippen LogP contribution is -2.52. The molecule has 4 heteroatoms. The Hall–Kier alpha value is -1.78. The van der Waals surface area contributed by atoms with Crippen molar-refractivity contribution in [2.75, 3.05) is 6.61 Å². The van der Waals surface area contributed by atoms with Crippen LogP contribution in [0.4, 0.5) is 8.78 Å². The number of hydrogen-bond donors (Lipinski definition) is 0. The molecule has 1 fully saturated rings. The fraction of sp³-hybridized carbons (Fsp3) is 0.478. The zero-order chi connectivity index (χ0) is 19.3. The molecule has 1 saturated carbocycles. The zero-order valence-electron chi connectivity index (χ0n) is 16.0. The molecule has 0 unspecified atom stereocenters. The first-order valence-corrected chi connectivity index (χ1v) is 9.53. The lowest BCUT2D eigenvalue weighted by atomic mass is 9.67. The third-order valence-electron chi connectivity index (χ3n) is 5.46. The van der Waals surface area contributed by atoms with E-state index in [-0.39, 0.29) is 12.7 Å². The second kappa shape index (κ2) is 8.49. The minimum Gasteiger partial charge on any atom is -0.376 e. The fourth-order valence-corrected chi connectivity index (χ4v) is 3.79. The van der Waals surface area contributed by atoms with Crippen LogP contribution >= 0.6 is 0 Å². The Morgan fingerprint density at radius 1 is 0.889 bits per heavy atom. The van der Waals surface area contributed by atoms with Gasteiger partial charge in [-0.1, -0.05) is 74.5 Å². The van der Waals surface area contributed by atoms with E-state index in [1.54, 1.807) is 13.8 Å². The van der Waals surface area contributed by atoms with E-state index in [1.165, 1.54) is 0 Å². The summed E-state index contributed by atoms with van der Waals surface area (Å²) in [6.07, 6.45) is 0.477. The van der Waals surface area contributed by atoms with Crippen molar-refractivity contribution < 1.29 is 18.3 Å². The average molecular weight is 374 g/mol. The van der Waals surface area contributed by atoms with Crippen molar-refractivity contribution in [1.29, 1.82) is 0 Å². The van der Waals surface area contributed by atoms with Crippen LogP contribution in [-0.4, -0.2) is 18.6 Å². The first-order chi connectivity index (χ1) is 12.9. The van der Waals surface area contributed by atoms with E-state index in [0.717, 1.165) is 11.1 Å². The average Bonchev–Trinajstić information content (AvgIpc) is 2.65. The number of rotatable bonds is 7. The van der Waals surface area contributed by atoms with Gasteiger partial charge in [-0.05, 0) is 24.0 Å². The van der Waals surface area contributed by atoms with Gasteiger partial charge in [0.15, 0.2) is 0 Å². The van der Waals surface area contributed by atoms with E-state index in [2.05, 4.69) is 0 Å². The lowest BCUT2D eigenvalue weighted by molar-refractivity contribution is -0.216. The van der Waals surface area contributed by atoms with E-state index in [4.69, 9.17) is 9.47 Å². The van der Waals surface area contributed by atoms with Crippen LogP contribution in [0.3, 0.4) is 0 Å². The van der Waals surface area contributed by atoms with Gasteiger partial charge in [-0.2, -0.15) is 0 Å². The largest absolute Gasteiger partial charge is 0.376 e. The summed E-state index contributed by atoms with van der Waals surface area (Å²) >= 11 is 0. The molecule has 146 valence electrons. The molecule has 1 aliphatic rings. The first-order valence-electron chi connectivity index (χ1n) is 9.53. The number of halogens is 2. The Labute approximate surface area is 160 Å². The summed E-state index contributed by atoms with van der Waals surface area (Å²) in [7, 11) is 0. The Kier molecular flexibility index (Phi) is 6.28. The second-order valence-corrected chi connectivity index (χ2v) is 8.06. The molecule has 2 aromatic rings. The summed E-state index contributed by atoms with van der Waals surface area (Å²) in [5, 5.41) is 0. The Balaban J connectivity index is 1.60. The van der Waals surface area contributed by atoms with Crippen LogP contribution in [0, 0.1) is 11.3 Å². The van der Waals surface area contributed by atoms with Gasteiger partial charge in [-0.15, -0.1) is 0 Å². The Morgan fingerprint density at radius 3 is 2.04 bits per heavy atom. The Morgan fingerprint density at radius 2 is 1.44 bits per heavy atom. The molecule has 0 bridgehead atoms. The molecule has 0 radical (unpaired) electrons. The van der Waals surface area contributed by atoms with E-state index < -0.39 is 17.3 Å².